The molecule has 1 aromatic heterocycles. The Bertz CT molecular complexity index is 698. The van der Waals surface area contributed by atoms with Crippen molar-refractivity contribution in [1.29, 1.82) is 0 Å². The van der Waals surface area contributed by atoms with Crippen molar-refractivity contribution in [3.8, 4) is 0 Å². The molecule has 0 aliphatic rings. The van der Waals surface area contributed by atoms with E-state index in [0.717, 1.165) is 35.7 Å². The highest BCUT2D eigenvalue weighted by Crippen LogP contribution is 2.20. The van der Waals surface area contributed by atoms with Crippen LogP contribution in [0.15, 0.2) is 60.8 Å². The topological polar surface area (TPSA) is 22.0 Å². The standard InChI is InChI=1S/C17H15NO/c19-13-15-12-18(17-9-5-4-8-16(15)17)11-10-14-6-2-1-3-7-14/h1-9,12-13H,10-11H2. The molecule has 0 aliphatic carbocycles. The molecule has 2 nitrogen and oxygen atoms in total. The first-order valence-electron chi connectivity index (χ1n) is 6.45. The zero-order valence-electron chi connectivity index (χ0n) is 10.6. The first-order chi connectivity index (χ1) is 9.38. The molecule has 0 aliphatic heterocycles. The third kappa shape index (κ3) is 2.29. The van der Waals surface area contributed by atoms with Gasteiger partial charge in [-0.25, -0.2) is 0 Å². The first kappa shape index (κ1) is 11.7. The fourth-order valence-corrected chi connectivity index (χ4v) is 2.45. The molecule has 0 fully saturated rings. The van der Waals surface area contributed by atoms with Crippen LogP contribution in [-0.4, -0.2) is 10.9 Å². The molecule has 0 amide bonds. The number of benzene rings is 2. The first-order valence-corrected chi connectivity index (χ1v) is 6.45. The summed E-state index contributed by atoms with van der Waals surface area (Å²) in [6.07, 6.45) is 3.85. The lowest BCUT2D eigenvalue weighted by atomic mass is 10.1. The van der Waals surface area contributed by atoms with Crippen LogP contribution in [-0.2, 0) is 13.0 Å². The van der Waals surface area contributed by atoms with Crippen molar-refractivity contribution in [2.24, 2.45) is 0 Å². The monoisotopic (exact) mass is 249 g/mol. The lowest BCUT2D eigenvalue weighted by Crippen LogP contribution is -1.99. The molecule has 0 atom stereocenters. The Morgan fingerprint density at radius 2 is 1.68 bits per heavy atom. The molecule has 2 aromatic carbocycles. The van der Waals surface area contributed by atoms with Crippen molar-refractivity contribution >= 4 is 17.2 Å². The minimum atomic E-state index is 0.767. The van der Waals surface area contributed by atoms with Gasteiger partial charge in [0.05, 0.1) is 0 Å². The van der Waals surface area contributed by atoms with Crippen LogP contribution in [0.25, 0.3) is 10.9 Å². The zero-order valence-corrected chi connectivity index (χ0v) is 10.6. The number of nitrogens with zero attached hydrogens (tertiary/aromatic N) is 1. The number of hydrogen-bond donors (Lipinski definition) is 0. The average molecular weight is 249 g/mol. The van der Waals surface area contributed by atoms with Gasteiger partial charge in [0.25, 0.3) is 0 Å². The van der Waals surface area contributed by atoms with Gasteiger partial charge in [-0.2, -0.15) is 0 Å². The molecule has 3 rings (SSSR count). The number of aldehydes is 1. The molecule has 0 saturated carbocycles. The molecule has 0 saturated heterocycles. The maximum atomic E-state index is 11.1. The molecule has 0 spiro atoms. The highest BCUT2D eigenvalue weighted by molar-refractivity contribution is 5.97. The van der Waals surface area contributed by atoms with Gasteiger partial charge in [0.1, 0.15) is 0 Å². The third-order valence-electron chi connectivity index (χ3n) is 3.43. The summed E-state index contributed by atoms with van der Waals surface area (Å²) in [7, 11) is 0. The second-order valence-corrected chi connectivity index (χ2v) is 4.65. The maximum absolute atomic E-state index is 11.1. The second kappa shape index (κ2) is 5.11. The Morgan fingerprint density at radius 3 is 2.47 bits per heavy atom. The smallest absolute Gasteiger partial charge is 0.152 e. The van der Waals surface area contributed by atoms with Gasteiger partial charge in [0.2, 0.25) is 0 Å². The molecule has 3 aromatic rings. The Hall–Kier alpha value is -2.35. The zero-order chi connectivity index (χ0) is 13.1. The number of fused-ring (bicyclic) bond motifs is 1. The van der Waals surface area contributed by atoms with E-state index < -0.39 is 0 Å². The van der Waals surface area contributed by atoms with Crippen LogP contribution >= 0.6 is 0 Å². The van der Waals surface area contributed by atoms with Gasteiger partial charge in [-0.3, -0.25) is 4.79 Å². The van der Waals surface area contributed by atoms with E-state index in [1.807, 2.05) is 30.5 Å². The van der Waals surface area contributed by atoms with Crippen molar-refractivity contribution < 1.29 is 4.79 Å². The number of hydrogen-bond acceptors (Lipinski definition) is 1. The van der Waals surface area contributed by atoms with Crippen molar-refractivity contribution in [2.45, 2.75) is 13.0 Å². The Morgan fingerprint density at radius 1 is 0.947 bits per heavy atom. The quantitative estimate of drug-likeness (QED) is 0.646. The minimum absolute atomic E-state index is 0.767. The van der Waals surface area contributed by atoms with E-state index in [1.54, 1.807) is 0 Å². The Labute approximate surface area is 112 Å². The van der Waals surface area contributed by atoms with Crippen LogP contribution < -0.4 is 0 Å². The van der Waals surface area contributed by atoms with Gasteiger partial charge in [0, 0.05) is 29.2 Å². The molecule has 0 unspecified atom stereocenters. The highest BCUT2D eigenvalue weighted by atomic mass is 16.1. The number of aryl methyl sites for hydroxylation is 2. The molecule has 19 heavy (non-hydrogen) atoms. The van der Waals surface area contributed by atoms with Gasteiger partial charge < -0.3 is 4.57 Å². The number of aromatic nitrogens is 1. The van der Waals surface area contributed by atoms with Crippen LogP contribution in [0.3, 0.4) is 0 Å². The van der Waals surface area contributed by atoms with Crippen molar-refractivity contribution in [1.82, 2.24) is 4.57 Å². The van der Waals surface area contributed by atoms with Gasteiger partial charge in [-0.15, -0.1) is 0 Å². The van der Waals surface area contributed by atoms with E-state index in [2.05, 4.69) is 34.9 Å². The summed E-state index contributed by atoms with van der Waals surface area (Å²) < 4.78 is 2.16. The Balaban J connectivity index is 1.91. The summed E-state index contributed by atoms with van der Waals surface area (Å²) in [6, 6.07) is 18.4. The SMILES string of the molecule is O=Cc1cn(CCc2ccccc2)c2ccccc12. The van der Waals surface area contributed by atoms with E-state index in [4.69, 9.17) is 0 Å². The van der Waals surface area contributed by atoms with Crippen molar-refractivity contribution in [3.63, 3.8) is 0 Å². The lowest BCUT2D eigenvalue weighted by molar-refractivity contribution is 0.112. The van der Waals surface area contributed by atoms with E-state index in [1.165, 1.54) is 5.56 Å². The predicted octanol–water partition coefficient (Wildman–Crippen LogP) is 3.70. The molecule has 2 heteroatoms. The summed E-state index contributed by atoms with van der Waals surface area (Å²) in [5, 5.41) is 1.03. The van der Waals surface area contributed by atoms with Gasteiger partial charge in [0.15, 0.2) is 6.29 Å². The van der Waals surface area contributed by atoms with Crippen LogP contribution in [0.5, 0.6) is 0 Å². The molecule has 0 bridgehead atoms. The fourth-order valence-electron chi connectivity index (χ4n) is 2.45. The van der Waals surface area contributed by atoms with E-state index in [9.17, 15) is 4.79 Å². The van der Waals surface area contributed by atoms with Gasteiger partial charge in [-0.1, -0.05) is 48.5 Å². The van der Waals surface area contributed by atoms with Crippen molar-refractivity contribution in [2.75, 3.05) is 0 Å². The van der Waals surface area contributed by atoms with Crippen LogP contribution in [0.4, 0.5) is 0 Å². The van der Waals surface area contributed by atoms with Gasteiger partial charge >= 0.3 is 0 Å². The predicted molar refractivity (Wildman–Crippen MR) is 77.5 cm³/mol. The fraction of sp³-hybridized carbons (Fsp3) is 0.118. The average Bonchev–Trinajstić information content (AvgIpc) is 2.84. The minimum Gasteiger partial charge on any atom is -0.346 e. The number of carbonyl (C=O) groups excluding carboxylic acids is 1. The number of rotatable bonds is 4. The molecule has 1 heterocycles. The molecule has 94 valence electrons. The third-order valence-corrected chi connectivity index (χ3v) is 3.43. The molecule has 0 radical (unpaired) electrons. The van der Waals surface area contributed by atoms with E-state index in [0.29, 0.717) is 0 Å². The molecule has 0 N–H and O–H groups in total. The number of para-hydroxylation sites is 1. The van der Waals surface area contributed by atoms with Crippen LogP contribution in [0.1, 0.15) is 15.9 Å². The van der Waals surface area contributed by atoms with Crippen LogP contribution in [0, 0.1) is 0 Å². The molecular weight excluding hydrogens is 234 g/mol. The summed E-state index contributed by atoms with van der Waals surface area (Å²) in [5.41, 5.74) is 3.21. The Kier molecular flexibility index (Phi) is 3.15. The van der Waals surface area contributed by atoms with E-state index in [-0.39, 0.29) is 0 Å². The number of carbonyl (C=O) groups is 1. The summed E-state index contributed by atoms with van der Waals surface area (Å²) in [6.45, 7) is 0.887. The van der Waals surface area contributed by atoms with Gasteiger partial charge in [-0.05, 0) is 18.1 Å². The normalized spacial score (nSPS) is 10.7. The summed E-state index contributed by atoms with van der Waals surface area (Å²) >= 11 is 0. The maximum Gasteiger partial charge on any atom is 0.152 e. The largest absolute Gasteiger partial charge is 0.346 e. The van der Waals surface area contributed by atoms with E-state index >= 15 is 0 Å². The summed E-state index contributed by atoms with van der Waals surface area (Å²) in [5.74, 6) is 0. The second-order valence-electron chi connectivity index (χ2n) is 4.65. The highest BCUT2D eigenvalue weighted by Gasteiger charge is 2.06. The van der Waals surface area contributed by atoms with Crippen molar-refractivity contribution in [3.05, 3.63) is 71.9 Å². The van der Waals surface area contributed by atoms with Crippen LogP contribution in [0.2, 0.25) is 0 Å². The lowest BCUT2D eigenvalue weighted by Gasteiger charge is -2.05. The molecular formula is C17H15NO. The summed E-state index contributed by atoms with van der Waals surface area (Å²) in [4.78, 5) is 11.1.